The third-order valence-electron chi connectivity index (χ3n) is 1.64. The smallest absolute Gasteiger partial charge is 0.185 e. The van der Waals surface area contributed by atoms with Gasteiger partial charge in [-0.25, -0.2) is 13.2 Å². The first-order chi connectivity index (χ1) is 6.43. The van der Waals surface area contributed by atoms with Gasteiger partial charge in [0, 0.05) is 19.1 Å². The number of halogens is 3. The number of hydrogen-bond acceptors (Lipinski definition) is 2. The van der Waals surface area contributed by atoms with E-state index in [-0.39, 0.29) is 17.3 Å². The molecule has 0 rings (SSSR count). The Balaban J connectivity index is 3.61. The lowest BCUT2D eigenvalue weighted by atomic mass is 10.1. The highest BCUT2D eigenvalue weighted by atomic mass is 32.2. The Morgan fingerprint density at radius 2 is 1.86 bits per heavy atom. The average Bonchev–Trinajstić information content (AvgIpc) is 2.01. The molecule has 0 aliphatic heterocycles. The van der Waals surface area contributed by atoms with Gasteiger partial charge in [-0.3, -0.25) is 4.79 Å². The summed E-state index contributed by atoms with van der Waals surface area (Å²) in [7, 11) is 0. The molecule has 0 aliphatic carbocycles. The van der Waals surface area contributed by atoms with Gasteiger partial charge in [0.15, 0.2) is 5.12 Å². The second-order valence-corrected chi connectivity index (χ2v) is 4.45. The largest absolute Gasteiger partial charge is 0.288 e. The van der Waals surface area contributed by atoms with Gasteiger partial charge in [-0.1, -0.05) is 11.8 Å². The first-order valence-corrected chi connectivity index (χ1v) is 5.47. The van der Waals surface area contributed by atoms with Crippen molar-refractivity contribution in [1.29, 1.82) is 0 Å². The Morgan fingerprint density at radius 3 is 2.29 bits per heavy atom. The van der Waals surface area contributed by atoms with E-state index in [1.54, 1.807) is 0 Å². The molecule has 3 unspecified atom stereocenters. The van der Waals surface area contributed by atoms with Crippen LogP contribution in [0.3, 0.4) is 0 Å². The number of rotatable bonds is 6. The van der Waals surface area contributed by atoms with Crippen LogP contribution in [-0.2, 0) is 4.79 Å². The van der Waals surface area contributed by atoms with Gasteiger partial charge < -0.3 is 0 Å². The molecule has 0 aromatic rings. The van der Waals surface area contributed by atoms with Gasteiger partial charge >= 0.3 is 0 Å². The minimum Gasteiger partial charge on any atom is -0.288 e. The van der Waals surface area contributed by atoms with Crippen LogP contribution in [0, 0.1) is 0 Å². The van der Waals surface area contributed by atoms with Crippen molar-refractivity contribution < 1.29 is 18.0 Å². The minimum absolute atomic E-state index is 0.0435. The van der Waals surface area contributed by atoms with Gasteiger partial charge in [-0.15, -0.1) is 0 Å². The lowest BCUT2D eigenvalue weighted by Gasteiger charge is -2.13. The fraction of sp³-hybridized carbons (Fsp3) is 0.889. The maximum Gasteiger partial charge on any atom is 0.185 e. The SMILES string of the molecule is CC(=O)SCCC(F)C(F)CC(C)F. The molecular formula is C9H15F3OS. The zero-order valence-electron chi connectivity index (χ0n) is 8.30. The summed E-state index contributed by atoms with van der Waals surface area (Å²) in [5.41, 5.74) is 0. The monoisotopic (exact) mass is 228 g/mol. The van der Waals surface area contributed by atoms with Crippen LogP contribution in [0.2, 0.25) is 0 Å². The zero-order chi connectivity index (χ0) is 11.1. The Bertz CT molecular complexity index is 175. The fourth-order valence-corrected chi connectivity index (χ4v) is 1.58. The van der Waals surface area contributed by atoms with Crippen LogP contribution >= 0.6 is 11.8 Å². The van der Waals surface area contributed by atoms with Crippen LogP contribution in [0.25, 0.3) is 0 Å². The molecule has 84 valence electrons. The van der Waals surface area contributed by atoms with E-state index in [4.69, 9.17) is 0 Å². The molecule has 0 saturated heterocycles. The topological polar surface area (TPSA) is 17.1 Å². The third kappa shape index (κ3) is 7.24. The number of carbonyl (C=O) groups excluding carboxylic acids is 1. The first-order valence-electron chi connectivity index (χ1n) is 4.49. The van der Waals surface area contributed by atoms with Crippen LogP contribution in [0.5, 0.6) is 0 Å². The van der Waals surface area contributed by atoms with Gasteiger partial charge in [0.25, 0.3) is 0 Å². The van der Waals surface area contributed by atoms with Crippen LogP contribution in [-0.4, -0.2) is 29.4 Å². The van der Waals surface area contributed by atoms with Crippen molar-refractivity contribution in [3.05, 3.63) is 0 Å². The van der Waals surface area contributed by atoms with Gasteiger partial charge in [0.1, 0.15) is 18.5 Å². The minimum atomic E-state index is -1.76. The molecule has 0 aromatic heterocycles. The first kappa shape index (κ1) is 13.8. The van der Waals surface area contributed by atoms with Crippen molar-refractivity contribution in [2.24, 2.45) is 0 Å². The van der Waals surface area contributed by atoms with Crippen molar-refractivity contribution >= 4 is 16.9 Å². The van der Waals surface area contributed by atoms with Crippen molar-refractivity contribution in [1.82, 2.24) is 0 Å². The molecule has 0 heterocycles. The molecule has 0 radical (unpaired) electrons. The molecule has 0 fully saturated rings. The van der Waals surface area contributed by atoms with Crippen molar-refractivity contribution in [3.63, 3.8) is 0 Å². The van der Waals surface area contributed by atoms with Gasteiger partial charge in [0.2, 0.25) is 0 Å². The summed E-state index contributed by atoms with van der Waals surface area (Å²) >= 11 is 0.957. The van der Waals surface area contributed by atoms with Gasteiger partial charge in [0.05, 0.1) is 0 Å². The van der Waals surface area contributed by atoms with E-state index in [1.165, 1.54) is 13.8 Å². The van der Waals surface area contributed by atoms with Gasteiger partial charge in [-0.05, 0) is 13.3 Å². The van der Waals surface area contributed by atoms with E-state index >= 15 is 0 Å². The summed E-state index contributed by atoms with van der Waals surface area (Å²) in [6, 6.07) is 0. The Labute approximate surface area is 86.4 Å². The Hall–Kier alpha value is -0.190. The Kier molecular flexibility index (Phi) is 7.05. The molecule has 0 amide bonds. The molecule has 0 spiro atoms. The normalized spacial score (nSPS) is 17.5. The molecule has 1 nitrogen and oxygen atoms in total. The second kappa shape index (κ2) is 7.15. The van der Waals surface area contributed by atoms with Crippen LogP contribution in [0.1, 0.15) is 26.7 Å². The molecule has 0 aliphatic rings. The molecule has 0 bridgehead atoms. The molecule has 0 N–H and O–H groups in total. The van der Waals surface area contributed by atoms with Gasteiger partial charge in [-0.2, -0.15) is 0 Å². The quantitative estimate of drug-likeness (QED) is 0.695. The third-order valence-corrected chi connectivity index (χ3v) is 2.49. The maximum absolute atomic E-state index is 12.9. The number of hydrogen-bond donors (Lipinski definition) is 0. The van der Waals surface area contributed by atoms with Crippen LogP contribution in [0.4, 0.5) is 13.2 Å². The van der Waals surface area contributed by atoms with Crippen LogP contribution < -0.4 is 0 Å². The van der Waals surface area contributed by atoms with E-state index in [9.17, 15) is 18.0 Å². The van der Waals surface area contributed by atoms with E-state index in [0.717, 1.165) is 11.8 Å². The molecule has 3 atom stereocenters. The summed E-state index contributed by atoms with van der Waals surface area (Å²) < 4.78 is 38.1. The summed E-state index contributed by atoms with van der Waals surface area (Å²) in [5.74, 6) is 0.248. The van der Waals surface area contributed by atoms with E-state index in [0.29, 0.717) is 0 Å². The number of alkyl halides is 3. The lowest BCUT2D eigenvalue weighted by molar-refractivity contribution is -0.109. The zero-order valence-corrected chi connectivity index (χ0v) is 9.12. The van der Waals surface area contributed by atoms with Crippen molar-refractivity contribution in [2.45, 2.75) is 45.2 Å². The second-order valence-electron chi connectivity index (χ2n) is 3.18. The molecule has 5 heteroatoms. The molecule has 0 aromatic carbocycles. The predicted molar refractivity (Wildman–Crippen MR) is 52.7 cm³/mol. The summed E-state index contributed by atoms with van der Waals surface area (Å²) in [6.07, 6.45) is -5.21. The van der Waals surface area contributed by atoms with E-state index in [1.807, 2.05) is 0 Å². The highest BCUT2D eigenvalue weighted by Crippen LogP contribution is 2.17. The lowest BCUT2D eigenvalue weighted by Crippen LogP contribution is -2.21. The predicted octanol–water partition coefficient (Wildman–Crippen LogP) is 3.08. The van der Waals surface area contributed by atoms with Crippen molar-refractivity contribution in [3.8, 4) is 0 Å². The van der Waals surface area contributed by atoms with Crippen LogP contribution in [0.15, 0.2) is 0 Å². The molecule has 14 heavy (non-hydrogen) atoms. The highest BCUT2D eigenvalue weighted by Gasteiger charge is 2.22. The highest BCUT2D eigenvalue weighted by molar-refractivity contribution is 8.13. The molecular weight excluding hydrogens is 213 g/mol. The standard InChI is InChI=1S/C9H15F3OS/c1-6(10)5-9(12)8(11)3-4-14-7(2)13/h6,8-9H,3-5H2,1-2H3. The van der Waals surface area contributed by atoms with Crippen molar-refractivity contribution in [2.75, 3.05) is 5.75 Å². The summed E-state index contributed by atoms with van der Waals surface area (Å²) in [6.45, 7) is 2.57. The number of carbonyl (C=O) groups is 1. The summed E-state index contributed by atoms with van der Waals surface area (Å²) in [4.78, 5) is 10.5. The Morgan fingerprint density at radius 1 is 1.29 bits per heavy atom. The maximum atomic E-state index is 12.9. The molecule has 0 saturated carbocycles. The fourth-order valence-electron chi connectivity index (χ4n) is 0.954. The van der Waals surface area contributed by atoms with E-state index in [2.05, 4.69) is 0 Å². The number of thioether (sulfide) groups is 1. The summed E-state index contributed by atoms with van der Waals surface area (Å²) in [5, 5.41) is -0.119. The average molecular weight is 228 g/mol. The van der Waals surface area contributed by atoms with E-state index < -0.39 is 24.9 Å².